The minimum Gasteiger partial charge on any atom is -0.339 e. The molecule has 1 aromatic rings. The fourth-order valence-corrected chi connectivity index (χ4v) is 2.15. The van der Waals surface area contributed by atoms with E-state index in [2.05, 4.69) is 9.97 Å². The van der Waals surface area contributed by atoms with Crippen molar-refractivity contribution in [3.63, 3.8) is 0 Å². The summed E-state index contributed by atoms with van der Waals surface area (Å²) < 4.78 is 38.7. The zero-order valence-corrected chi connectivity index (χ0v) is 12.2. The molecule has 8 heteroatoms. The largest absolute Gasteiger partial charge is 0.408 e. The van der Waals surface area contributed by atoms with Gasteiger partial charge < -0.3 is 15.7 Å². The van der Waals surface area contributed by atoms with E-state index in [-0.39, 0.29) is 5.69 Å². The van der Waals surface area contributed by atoms with Crippen molar-refractivity contribution in [3.8, 4) is 0 Å². The van der Waals surface area contributed by atoms with Gasteiger partial charge in [0.05, 0.1) is 6.20 Å². The summed E-state index contributed by atoms with van der Waals surface area (Å²) in [6, 6.07) is -1.81. The average molecular weight is 314 g/mol. The predicted octanol–water partition coefficient (Wildman–Crippen LogP) is 2.92. The molecule has 0 radical (unpaired) electrons. The number of halogens is 3. The van der Waals surface area contributed by atoms with Crippen molar-refractivity contribution in [3.05, 3.63) is 23.8 Å². The van der Waals surface area contributed by atoms with Gasteiger partial charge in [-0.1, -0.05) is 0 Å². The number of carbonyl (C=O) groups excluding carboxylic acids is 1. The molecular formula is C14H17F3N4O. The number of aromatic amines is 1. The standard InChI is InChI=1S/C14H17F3N4O/c1-7(5-8(2)18)12-19-6-10(20-12)13(22)21-11(9-3-4-9)14(15,16)17/h5-6,9,11,18H,3-4H2,1-2H3,(H,19,20)(H,21,22)/b7-5-,18-8?. The first kappa shape index (κ1) is 16.3. The van der Waals surface area contributed by atoms with Crippen LogP contribution in [0.4, 0.5) is 13.2 Å². The summed E-state index contributed by atoms with van der Waals surface area (Å²) in [5.74, 6) is -1.01. The number of nitrogens with one attached hydrogen (secondary N) is 3. The highest BCUT2D eigenvalue weighted by molar-refractivity contribution is 5.97. The molecule has 1 aliphatic carbocycles. The maximum atomic E-state index is 12.9. The van der Waals surface area contributed by atoms with Crippen LogP contribution in [-0.4, -0.2) is 33.8 Å². The van der Waals surface area contributed by atoms with Crippen LogP contribution in [0.5, 0.6) is 0 Å². The lowest BCUT2D eigenvalue weighted by Crippen LogP contribution is -2.47. The highest BCUT2D eigenvalue weighted by Crippen LogP contribution is 2.40. The maximum absolute atomic E-state index is 12.9. The fourth-order valence-electron chi connectivity index (χ4n) is 2.15. The predicted molar refractivity (Wildman–Crippen MR) is 75.7 cm³/mol. The topological polar surface area (TPSA) is 81.6 Å². The Balaban J connectivity index is 2.10. The van der Waals surface area contributed by atoms with Crippen LogP contribution in [0, 0.1) is 11.3 Å². The van der Waals surface area contributed by atoms with Crippen molar-refractivity contribution < 1.29 is 18.0 Å². The molecule has 0 aromatic carbocycles. The lowest BCUT2D eigenvalue weighted by molar-refractivity contribution is -0.158. The molecule has 0 spiro atoms. The second-order valence-electron chi connectivity index (χ2n) is 5.49. The number of rotatable bonds is 5. The number of imidazole rings is 1. The number of aromatic nitrogens is 2. The molecule has 1 heterocycles. The first-order valence-electron chi connectivity index (χ1n) is 6.85. The Bertz CT molecular complexity index is 614. The van der Waals surface area contributed by atoms with E-state index >= 15 is 0 Å². The summed E-state index contributed by atoms with van der Waals surface area (Å²) >= 11 is 0. The van der Waals surface area contributed by atoms with E-state index in [1.165, 1.54) is 6.20 Å². The highest BCUT2D eigenvalue weighted by Gasteiger charge is 2.49. The van der Waals surface area contributed by atoms with Gasteiger partial charge in [0.15, 0.2) is 0 Å². The quantitative estimate of drug-likeness (QED) is 0.730. The highest BCUT2D eigenvalue weighted by atomic mass is 19.4. The molecule has 1 saturated carbocycles. The van der Waals surface area contributed by atoms with E-state index in [9.17, 15) is 18.0 Å². The molecule has 120 valence electrons. The first-order chi connectivity index (χ1) is 10.2. The van der Waals surface area contributed by atoms with Crippen molar-refractivity contribution in [1.29, 1.82) is 5.41 Å². The summed E-state index contributed by atoms with van der Waals surface area (Å²) in [6.07, 6.45) is -0.768. The SMILES string of the molecule is CC(=N)/C=C(/C)c1ncc(C(=O)NC(C2CC2)C(F)(F)F)[nH]1. The molecule has 1 atom stereocenters. The van der Waals surface area contributed by atoms with Gasteiger partial charge in [0, 0.05) is 5.71 Å². The summed E-state index contributed by atoms with van der Waals surface area (Å²) in [6.45, 7) is 3.28. The Morgan fingerprint density at radius 1 is 1.50 bits per heavy atom. The molecule has 0 saturated heterocycles. The van der Waals surface area contributed by atoms with E-state index in [0.29, 0.717) is 30.0 Å². The van der Waals surface area contributed by atoms with Gasteiger partial charge in [0.1, 0.15) is 17.6 Å². The van der Waals surface area contributed by atoms with E-state index in [4.69, 9.17) is 5.41 Å². The zero-order chi connectivity index (χ0) is 16.5. The van der Waals surface area contributed by atoms with E-state index < -0.39 is 24.0 Å². The fraction of sp³-hybridized carbons (Fsp3) is 0.500. The van der Waals surface area contributed by atoms with Crippen molar-refractivity contribution in [2.24, 2.45) is 5.92 Å². The van der Waals surface area contributed by atoms with Crippen LogP contribution in [0.25, 0.3) is 5.57 Å². The van der Waals surface area contributed by atoms with Crippen LogP contribution in [0.2, 0.25) is 0 Å². The summed E-state index contributed by atoms with van der Waals surface area (Å²) in [4.78, 5) is 18.6. The molecule has 1 amide bonds. The Labute approximate surface area is 125 Å². The van der Waals surface area contributed by atoms with Crippen molar-refractivity contribution in [1.82, 2.24) is 15.3 Å². The molecule has 3 N–H and O–H groups in total. The Kier molecular flexibility index (Phi) is 4.39. The molecule has 1 fully saturated rings. The van der Waals surface area contributed by atoms with Crippen LogP contribution in [-0.2, 0) is 0 Å². The van der Waals surface area contributed by atoms with E-state index in [1.807, 2.05) is 5.32 Å². The zero-order valence-electron chi connectivity index (χ0n) is 12.2. The number of carbonyl (C=O) groups is 1. The minimum absolute atomic E-state index is 0.0275. The van der Waals surface area contributed by atoms with Gasteiger partial charge in [-0.05, 0) is 44.3 Å². The number of nitrogens with zero attached hydrogens (tertiary/aromatic N) is 1. The minimum atomic E-state index is -4.45. The molecule has 1 unspecified atom stereocenters. The monoisotopic (exact) mass is 314 g/mol. The van der Waals surface area contributed by atoms with Gasteiger partial charge in [-0.3, -0.25) is 4.79 Å². The third kappa shape index (κ3) is 3.96. The van der Waals surface area contributed by atoms with Gasteiger partial charge in [0.25, 0.3) is 5.91 Å². The van der Waals surface area contributed by atoms with Crippen molar-refractivity contribution in [2.75, 3.05) is 0 Å². The van der Waals surface area contributed by atoms with Crippen LogP contribution in [0.3, 0.4) is 0 Å². The molecule has 2 rings (SSSR count). The summed E-state index contributed by atoms with van der Waals surface area (Å²) in [5, 5.41) is 9.39. The smallest absolute Gasteiger partial charge is 0.339 e. The Morgan fingerprint density at radius 2 is 2.14 bits per heavy atom. The normalized spacial score (nSPS) is 17.2. The van der Waals surface area contributed by atoms with Gasteiger partial charge in [-0.2, -0.15) is 13.2 Å². The lowest BCUT2D eigenvalue weighted by atomic mass is 10.1. The van der Waals surface area contributed by atoms with E-state index in [1.54, 1.807) is 19.9 Å². The number of amides is 1. The molecule has 1 aliphatic rings. The number of hydrogen-bond acceptors (Lipinski definition) is 3. The number of allylic oxidation sites excluding steroid dienone is 2. The van der Waals surface area contributed by atoms with Gasteiger partial charge >= 0.3 is 6.18 Å². The van der Waals surface area contributed by atoms with E-state index in [0.717, 1.165) is 0 Å². The molecular weight excluding hydrogens is 297 g/mol. The molecule has 0 bridgehead atoms. The van der Waals surface area contributed by atoms with Crippen molar-refractivity contribution >= 4 is 17.2 Å². The summed E-state index contributed by atoms with van der Waals surface area (Å²) in [5.41, 5.74) is 0.909. The lowest BCUT2D eigenvalue weighted by Gasteiger charge is -2.20. The third-order valence-corrected chi connectivity index (χ3v) is 3.36. The molecule has 0 aliphatic heterocycles. The second kappa shape index (κ2) is 5.94. The Morgan fingerprint density at radius 3 is 2.64 bits per heavy atom. The second-order valence-corrected chi connectivity index (χ2v) is 5.49. The summed E-state index contributed by atoms with van der Waals surface area (Å²) in [7, 11) is 0. The molecule has 22 heavy (non-hydrogen) atoms. The van der Waals surface area contributed by atoms with Crippen LogP contribution in [0.15, 0.2) is 12.3 Å². The Hall–Kier alpha value is -2.12. The number of H-pyrrole nitrogens is 1. The number of hydrogen-bond donors (Lipinski definition) is 3. The third-order valence-electron chi connectivity index (χ3n) is 3.36. The first-order valence-corrected chi connectivity index (χ1v) is 6.85. The number of alkyl halides is 3. The maximum Gasteiger partial charge on any atom is 0.408 e. The van der Waals surface area contributed by atoms with Gasteiger partial charge in [-0.15, -0.1) is 0 Å². The molecule has 5 nitrogen and oxygen atoms in total. The van der Waals surface area contributed by atoms with Crippen LogP contribution in [0.1, 0.15) is 43.0 Å². The molecule has 1 aromatic heterocycles. The van der Waals surface area contributed by atoms with Crippen molar-refractivity contribution in [2.45, 2.75) is 38.9 Å². The average Bonchev–Trinajstić information content (AvgIpc) is 3.08. The van der Waals surface area contributed by atoms with Crippen LogP contribution < -0.4 is 5.32 Å². The van der Waals surface area contributed by atoms with Gasteiger partial charge in [-0.25, -0.2) is 4.98 Å². The van der Waals surface area contributed by atoms with Gasteiger partial charge in [0.2, 0.25) is 0 Å². The van der Waals surface area contributed by atoms with Crippen LogP contribution >= 0.6 is 0 Å².